The van der Waals surface area contributed by atoms with Gasteiger partial charge < -0.3 is 30.9 Å². The van der Waals surface area contributed by atoms with Crippen LogP contribution in [-0.2, 0) is 25.6 Å². The maximum absolute atomic E-state index is 13.8. The van der Waals surface area contributed by atoms with Gasteiger partial charge in [-0.25, -0.2) is 4.98 Å². The molecule has 240 valence electrons. The van der Waals surface area contributed by atoms with Gasteiger partial charge in [-0.15, -0.1) is 11.3 Å². The lowest BCUT2D eigenvalue weighted by molar-refractivity contribution is -0.160. The Bertz CT molecular complexity index is 1420. The zero-order valence-electron chi connectivity index (χ0n) is 25.0. The Morgan fingerprint density at radius 2 is 1.91 bits per heavy atom. The number of aryl methyl sites for hydroxylation is 1. The van der Waals surface area contributed by atoms with E-state index < -0.39 is 48.4 Å². The maximum atomic E-state index is 13.8. The summed E-state index contributed by atoms with van der Waals surface area (Å²) >= 11 is 1.18. The Morgan fingerprint density at radius 3 is 2.60 bits per heavy atom. The molecule has 5 atom stereocenters. The van der Waals surface area contributed by atoms with Crippen LogP contribution in [0.3, 0.4) is 0 Å². The fourth-order valence-electron chi connectivity index (χ4n) is 6.79. The number of hydrogen-bond acceptors (Lipinski definition) is 8. The zero-order valence-corrected chi connectivity index (χ0v) is 25.8. The fraction of sp³-hybridized carbons (Fsp3) is 0.516. The third kappa shape index (κ3) is 7.49. The molecule has 0 aliphatic carbocycles. The smallest absolute Gasteiger partial charge is 0.305 e. The molecule has 4 heterocycles. The number of piperidine rings is 1. The molecule has 3 fully saturated rings. The van der Waals surface area contributed by atoms with Crippen LogP contribution in [0.2, 0.25) is 0 Å². The number of amides is 3. The molecule has 3 aliphatic rings. The number of carbonyl (C=O) groups is 5. The molecule has 14 heteroatoms. The topological polar surface area (TPSA) is 190 Å². The van der Waals surface area contributed by atoms with Crippen molar-refractivity contribution in [2.24, 2.45) is 11.7 Å². The van der Waals surface area contributed by atoms with Crippen LogP contribution in [0.4, 0.5) is 0 Å². The van der Waals surface area contributed by atoms with Crippen LogP contribution in [0.15, 0.2) is 41.9 Å². The van der Waals surface area contributed by atoms with Gasteiger partial charge in [0.2, 0.25) is 23.5 Å². The van der Waals surface area contributed by atoms with E-state index in [9.17, 15) is 29.1 Å². The predicted molar refractivity (Wildman–Crippen MR) is 165 cm³/mol. The van der Waals surface area contributed by atoms with Gasteiger partial charge in [-0.1, -0.05) is 30.3 Å². The SMILES string of the molecule is N=C(N)N1CCCC(CC(NC(=O)C2CC[C@H]3CN(C(=O)CCc4ccccc4)C(CC(=O)O)C(=O)N23)C(=O)c2nccs2)C1. The van der Waals surface area contributed by atoms with Crippen LogP contribution in [0.25, 0.3) is 0 Å². The first-order chi connectivity index (χ1) is 21.6. The quantitative estimate of drug-likeness (QED) is 0.161. The Labute approximate surface area is 265 Å². The third-order valence-corrected chi connectivity index (χ3v) is 9.78. The summed E-state index contributed by atoms with van der Waals surface area (Å²) in [6.45, 7) is 1.30. The number of benzene rings is 1. The number of hydrogen-bond donors (Lipinski definition) is 4. The molecule has 3 saturated heterocycles. The molecule has 1 aromatic heterocycles. The van der Waals surface area contributed by atoms with E-state index in [2.05, 4.69) is 10.3 Å². The van der Waals surface area contributed by atoms with Crippen molar-refractivity contribution in [2.75, 3.05) is 19.6 Å². The van der Waals surface area contributed by atoms with Crippen molar-refractivity contribution < 1.29 is 29.1 Å². The number of nitrogens with two attached hydrogens (primary N) is 1. The van der Waals surface area contributed by atoms with Gasteiger partial charge in [-0.05, 0) is 50.0 Å². The van der Waals surface area contributed by atoms with Crippen LogP contribution < -0.4 is 11.1 Å². The molecule has 1 aromatic carbocycles. The second-order valence-electron chi connectivity index (χ2n) is 12.0. The van der Waals surface area contributed by atoms with Crippen molar-refractivity contribution in [3.63, 3.8) is 0 Å². The Hall–Kier alpha value is -4.33. The van der Waals surface area contributed by atoms with E-state index in [0.717, 1.165) is 18.4 Å². The molecular weight excluding hydrogens is 598 g/mol. The molecule has 5 rings (SSSR count). The molecule has 4 unspecified atom stereocenters. The normalized spacial score (nSPS) is 23.7. The number of likely N-dealkylation sites (tertiary alicyclic amines) is 1. The number of nitrogens with zero attached hydrogens (tertiary/aromatic N) is 4. The molecule has 3 aliphatic heterocycles. The maximum Gasteiger partial charge on any atom is 0.305 e. The number of aromatic nitrogens is 1. The van der Waals surface area contributed by atoms with Crippen molar-refractivity contribution in [1.82, 2.24) is 25.0 Å². The third-order valence-electron chi connectivity index (χ3n) is 8.99. The van der Waals surface area contributed by atoms with E-state index in [4.69, 9.17) is 11.1 Å². The van der Waals surface area contributed by atoms with E-state index in [0.29, 0.717) is 38.8 Å². The summed E-state index contributed by atoms with van der Waals surface area (Å²) in [6.07, 6.45) is 4.28. The van der Waals surface area contributed by atoms with Crippen molar-refractivity contribution >= 4 is 46.8 Å². The summed E-state index contributed by atoms with van der Waals surface area (Å²) in [6, 6.07) is 6.01. The van der Waals surface area contributed by atoms with E-state index in [-0.39, 0.29) is 41.5 Å². The average Bonchev–Trinajstić information content (AvgIpc) is 3.72. The first-order valence-corrected chi connectivity index (χ1v) is 16.2. The standard InChI is InChI=1S/C31H39N7O6S/c32-31(33)36-13-4-7-20(17-36)15-22(27(42)29-34-12-14-45-29)35-28(43)23-10-9-21-18-37(24(16-26(40)41)30(44)38(21)23)25(39)11-8-19-5-2-1-3-6-19/h1-3,5-6,12,14,20-24H,4,7-11,13,15-18H2,(H3,32,33)(H,35,43)(H,40,41)/t20?,21-,22?,23?,24?/m0/s1. The van der Waals surface area contributed by atoms with Crippen LogP contribution in [-0.4, -0.2) is 104 Å². The van der Waals surface area contributed by atoms with E-state index in [1.54, 1.807) is 10.3 Å². The van der Waals surface area contributed by atoms with Crippen molar-refractivity contribution in [1.29, 1.82) is 5.41 Å². The molecule has 0 spiro atoms. The molecule has 13 nitrogen and oxygen atoms in total. The highest BCUT2D eigenvalue weighted by atomic mass is 32.1. The van der Waals surface area contributed by atoms with Gasteiger partial charge >= 0.3 is 5.97 Å². The van der Waals surface area contributed by atoms with Crippen molar-refractivity contribution in [3.05, 3.63) is 52.5 Å². The number of aliphatic carboxylic acids is 1. The number of piperazine rings is 1. The number of guanidine groups is 1. The summed E-state index contributed by atoms with van der Waals surface area (Å²) in [5, 5.41) is 22.3. The van der Waals surface area contributed by atoms with Crippen molar-refractivity contribution in [2.45, 2.75) is 75.5 Å². The van der Waals surface area contributed by atoms with Crippen molar-refractivity contribution in [3.8, 4) is 0 Å². The predicted octanol–water partition coefficient (Wildman–Crippen LogP) is 1.48. The first-order valence-electron chi connectivity index (χ1n) is 15.3. The molecule has 5 N–H and O–H groups in total. The Kier molecular flexibility index (Phi) is 10.1. The Morgan fingerprint density at radius 1 is 1.13 bits per heavy atom. The minimum atomic E-state index is -1.22. The van der Waals surface area contributed by atoms with E-state index in [1.165, 1.54) is 27.3 Å². The van der Waals surface area contributed by atoms with Crippen LogP contribution in [0, 0.1) is 11.3 Å². The second-order valence-corrected chi connectivity index (χ2v) is 12.9. The highest BCUT2D eigenvalue weighted by Crippen LogP contribution is 2.33. The summed E-state index contributed by atoms with van der Waals surface area (Å²) < 4.78 is 0. The van der Waals surface area contributed by atoms with Gasteiger partial charge in [-0.3, -0.25) is 29.4 Å². The number of ketones is 1. The van der Waals surface area contributed by atoms with Gasteiger partial charge in [0.15, 0.2) is 11.0 Å². The molecular formula is C31H39N7O6S. The molecule has 0 bridgehead atoms. The number of fused-ring (bicyclic) bond motifs is 1. The molecule has 2 aromatic rings. The monoisotopic (exact) mass is 637 g/mol. The summed E-state index contributed by atoms with van der Waals surface area (Å²) in [5.74, 6) is -2.92. The first kappa shape index (κ1) is 32.1. The van der Waals surface area contributed by atoms with Gasteiger partial charge in [0.1, 0.15) is 12.1 Å². The zero-order chi connectivity index (χ0) is 32.1. The Balaban J connectivity index is 1.30. The summed E-state index contributed by atoms with van der Waals surface area (Å²) in [4.78, 5) is 75.0. The summed E-state index contributed by atoms with van der Waals surface area (Å²) in [5.41, 5.74) is 6.68. The lowest BCUT2D eigenvalue weighted by Crippen LogP contribution is -2.65. The number of Topliss-reactive ketones (excluding diaryl/α,β-unsaturated/α-hetero) is 1. The number of nitrogens with one attached hydrogen (secondary N) is 2. The fourth-order valence-corrected chi connectivity index (χ4v) is 7.42. The highest BCUT2D eigenvalue weighted by Gasteiger charge is 2.50. The average molecular weight is 638 g/mol. The van der Waals surface area contributed by atoms with E-state index in [1.807, 2.05) is 30.3 Å². The largest absolute Gasteiger partial charge is 0.481 e. The van der Waals surface area contributed by atoms with Gasteiger partial charge in [0.05, 0.1) is 18.5 Å². The second kappa shape index (κ2) is 14.2. The lowest BCUT2D eigenvalue weighted by Gasteiger charge is -2.44. The number of carboxylic acids is 1. The van der Waals surface area contributed by atoms with Gasteiger partial charge in [0, 0.05) is 37.6 Å². The van der Waals surface area contributed by atoms with Gasteiger partial charge in [0.25, 0.3) is 0 Å². The minimum Gasteiger partial charge on any atom is -0.481 e. The number of thiazole rings is 1. The van der Waals surface area contributed by atoms with Crippen LogP contribution in [0.5, 0.6) is 0 Å². The molecule has 45 heavy (non-hydrogen) atoms. The van der Waals surface area contributed by atoms with Crippen LogP contribution in [0.1, 0.15) is 60.3 Å². The van der Waals surface area contributed by atoms with E-state index >= 15 is 0 Å². The minimum absolute atomic E-state index is 0.000195. The lowest BCUT2D eigenvalue weighted by atomic mass is 9.89. The van der Waals surface area contributed by atoms with Crippen LogP contribution >= 0.6 is 11.3 Å². The van der Waals surface area contributed by atoms with Gasteiger partial charge in [-0.2, -0.15) is 0 Å². The molecule has 0 radical (unpaired) electrons. The number of carboxylic acid groups (broad SMARTS) is 1. The number of carbonyl (C=O) groups excluding carboxylic acids is 4. The highest BCUT2D eigenvalue weighted by molar-refractivity contribution is 7.11. The number of rotatable bonds is 11. The summed E-state index contributed by atoms with van der Waals surface area (Å²) in [7, 11) is 0. The molecule has 3 amide bonds. The molecule has 0 saturated carbocycles.